The maximum absolute atomic E-state index is 12.0. The van der Waals surface area contributed by atoms with Crippen molar-refractivity contribution in [2.24, 2.45) is 0 Å². The molecule has 1 aromatic carbocycles. The van der Waals surface area contributed by atoms with Crippen molar-refractivity contribution in [2.75, 3.05) is 7.11 Å². The van der Waals surface area contributed by atoms with Gasteiger partial charge in [0, 0.05) is 12.8 Å². The van der Waals surface area contributed by atoms with Crippen molar-refractivity contribution in [2.45, 2.75) is 90.4 Å². The third-order valence-corrected chi connectivity index (χ3v) is 4.85. The van der Waals surface area contributed by atoms with Crippen LogP contribution in [0, 0.1) is 11.8 Å². The molecule has 3 nitrogen and oxygen atoms in total. The van der Waals surface area contributed by atoms with Gasteiger partial charge in [-0.2, -0.15) is 0 Å². The zero-order valence-electron chi connectivity index (χ0n) is 17.7. The van der Waals surface area contributed by atoms with Crippen molar-refractivity contribution in [3.63, 3.8) is 0 Å². The summed E-state index contributed by atoms with van der Waals surface area (Å²) in [6, 6.07) is 6.95. The summed E-state index contributed by atoms with van der Waals surface area (Å²) in [4.78, 5) is 23.5. The Morgan fingerprint density at radius 1 is 0.893 bits per heavy atom. The molecule has 1 rings (SSSR count). The number of unbranched alkanes of at least 4 members (excludes halogenated alkanes) is 11. The molecule has 0 atom stereocenters. The van der Waals surface area contributed by atoms with E-state index in [1.54, 1.807) is 18.2 Å². The van der Waals surface area contributed by atoms with Crippen LogP contribution < -0.4 is 0 Å². The van der Waals surface area contributed by atoms with E-state index in [9.17, 15) is 9.59 Å². The number of carbonyl (C=O) groups is 2. The molecular weight excluding hydrogens is 348 g/mol. The van der Waals surface area contributed by atoms with Crippen molar-refractivity contribution < 1.29 is 14.3 Å². The van der Waals surface area contributed by atoms with E-state index in [2.05, 4.69) is 18.8 Å². The third-order valence-electron chi connectivity index (χ3n) is 4.85. The molecule has 0 radical (unpaired) electrons. The van der Waals surface area contributed by atoms with Crippen molar-refractivity contribution in [1.82, 2.24) is 0 Å². The van der Waals surface area contributed by atoms with E-state index in [4.69, 9.17) is 4.74 Å². The summed E-state index contributed by atoms with van der Waals surface area (Å²) in [6.07, 6.45) is 15.4. The number of esters is 1. The number of rotatable bonds is 14. The van der Waals surface area contributed by atoms with Crippen LogP contribution >= 0.6 is 0 Å². The largest absolute Gasteiger partial charge is 0.465 e. The van der Waals surface area contributed by atoms with Crippen molar-refractivity contribution in [1.29, 1.82) is 0 Å². The molecule has 0 unspecified atom stereocenters. The van der Waals surface area contributed by atoms with E-state index in [0.717, 1.165) is 18.4 Å². The predicted molar refractivity (Wildman–Crippen MR) is 115 cm³/mol. The number of hydrogen-bond donors (Lipinski definition) is 0. The molecule has 0 heterocycles. The number of carbonyl (C=O) groups excluding carboxylic acids is 2. The zero-order chi connectivity index (χ0) is 20.5. The van der Waals surface area contributed by atoms with Crippen molar-refractivity contribution in [3.8, 4) is 11.8 Å². The van der Waals surface area contributed by atoms with E-state index in [0.29, 0.717) is 5.56 Å². The number of ketones is 1. The minimum absolute atomic E-state index is 0.106. The number of hydrogen-bond acceptors (Lipinski definition) is 3. The molecule has 0 saturated heterocycles. The van der Waals surface area contributed by atoms with Crippen LogP contribution in [0.25, 0.3) is 0 Å². The van der Waals surface area contributed by atoms with Crippen LogP contribution in [-0.4, -0.2) is 18.9 Å². The molecule has 28 heavy (non-hydrogen) atoms. The summed E-state index contributed by atoms with van der Waals surface area (Å²) >= 11 is 0. The molecule has 0 aliphatic rings. The monoisotopic (exact) mass is 384 g/mol. The lowest BCUT2D eigenvalue weighted by molar-refractivity contribution is -0.113. The summed E-state index contributed by atoms with van der Waals surface area (Å²) in [5.41, 5.74) is 1.25. The Bertz CT molecular complexity index is 637. The van der Waals surface area contributed by atoms with E-state index >= 15 is 0 Å². The van der Waals surface area contributed by atoms with E-state index in [1.165, 1.54) is 71.3 Å². The average Bonchev–Trinajstić information content (AvgIpc) is 2.71. The molecule has 0 aliphatic heterocycles. The van der Waals surface area contributed by atoms with E-state index in [1.807, 2.05) is 6.07 Å². The second-order valence-electron chi connectivity index (χ2n) is 7.38. The van der Waals surface area contributed by atoms with Gasteiger partial charge >= 0.3 is 5.97 Å². The average molecular weight is 385 g/mol. The van der Waals surface area contributed by atoms with Crippen LogP contribution in [0.3, 0.4) is 0 Å². The van der Waals surface area contributed by atoms with Crippen LogP contribution in [0.2, 0.25) is 0 Å². The van der Waals surface area contributed by atoms with Gasteiger partial charge in [-0.1, -0.05) is 89.2 Å². The summed E-state index contributed by atoms with van der Waals surface area (Å²) in [5, 5.41) is 0. The van der Waals surface area contributed by atoms with E-state index < -0.39 is 5.97 Å². The Labute approximate surface area is 171 Å². The molecule has 0 aromatic heterocycles. The smallest absolute Gasteiger partial charge is 0.337 e. The molecule has 154 valence electrons. The maximum atomic E-state index is 12.0. The summed E-state index contributed by atoms with van der Waals surface area (Å²) in [6.45, 7) is 2.26. The summed E-state index contributed by atoms with van der Waals surface area (Å²) in [7, 11) is 1.35. The predicted octanol–water partition coefficient (Wildman–Crippen LogP) is 6.29. The van der Waals surface area contributed by atoms with Crippen molar-refractivity contribution >= 4 is 11.8 Å². The highest BCUT2D eigenvalue weighted by molar-refractivity contribution is 5.97. The summed E-state index contributed by atoms with van der Waals surface area (Å²) < 4.78 is 4.70. The molecule has 0 saturated carbocycles. The number of benzene rings is 1. The lowest BCUT2D eigenvalue weighted by atomic mass is 10.0. The number of Topliss-reactive ketones (excluding diaryl/α,β-unsaturated/α-hetero) is 1. The fourth-order valence-corrected chi connectivity index (χ4v) is 3.19. The number of methoxy groups -OCH3 is 1. The first-order valence-corrected chi connectivity index (χ1v) is 10.9. The molecule has 1 aromatic rings. The van der Waals surface area contributed by atoms with Crippen LogP contribution in [-0.2, 0) is 16.0 Å². The molecule has 0 spiro atoms. The van der Waals surface area contributed by atoms with Gasteiger partial charge in [0.15, 0.2) is 0 Å². The first kappa shape index (κ1) is 24.0. The van der Waals surface area contributed by atoms with Gasteiger partial charge in [0.25, 0.3) is 0 Å². The minimum atomic E-state index is -0.392. The SMILES string of the molecule is CCCCCCCCCCCCCC#CC(=O)Cc1cccc(C(=O)OC)c1. The fourth-order valence-electron chi connectivity index (χ4n) is 3.19. The van der Waals surface area contributed by atoms with Crippen LogP contribution in [0.15, 0.2) is 24.3 Å². The van der Waals surface area contributed by atoms with Crippen LogP contribution in [0.4, 0.5) is 0 Å². The van der Waals surface area contributed by atoms with E-state index in [-0.39, 0.29) is 12.2 Å². The molecule has 3 heteroatoms. The lowest BCUT2D eigenvalue weighted by Crippen LogP contribution is -2.04. The lowest BCUT2D eigenvalue weighted by Gasteiger charge is -2.02. The molecule has 0 bridgehead atoms. The second-order valence-corrected chi connectivity index (χ2v) is 7.38. The maximum Gasteiger partial charge on any atom is 0.337 e. The second kappa shape index (κ2) is 15.9. The number of ether oxygens (including phenoxy) is 1. The first-order valence-electron chi connectivity index (χ1n) is 10.9. The van der Waals surface area contributed by atoms with Gasteiger partial charge in [-0.25, -0.2) is 4.79 Å². The Kier molecular flexibility index (Phi) is 13.6. The topological polar surface area (TPSA) is 43.4 Å². The van der Waals surface area contributed by atoms with Gasteiger partial charge in [0.05, 0.1) is 12.7 Å². The summed E-state index contributed by atoms with van der Waals surface area (Å²) in [5.74, 6) is 5.22. The van der Waals surface area contributed by atoms with Gasteiger partial charge in [0.2, 0.25) is 5.78 Å². The van der Waals surface area contributed by atoms with Gasteiger partial charge < -0.3 is 4.74 Å². The minimum Gasteiger partial charge on any atom is -0.465 e. The van der Waals surface area contributed by atoms with Crippen LogP contribution in [0.1, 0.15) is 99.9 Å². The Balaban J connectivity index is 2.09. The molecule has 0 N–H and O–H groups in total. The van der Waals surface area contributed by atoms with Crippen molar-refractivity contribution in [3.05, 3.63) is 35.4 Å². The third kappa shape index (κ3) is 11.6. The highest BCUT2D eigenvalue weighted by Gasteiger charge is 2.07. The van der Waals surface area contributed by atoms with Gasteiger partial charge in [-0.3, -0.25) is 4.79 Å². The van der Waals surface area contributed by atoms with Gasteiger partial charge in [-0.05, 0) is 30.0 Å². The van der Waals surface area contributed by atoms with Gasteiger partial charge in [0.1, 0.15) is 0 Å². The fraction of sp³-hybridized carbons (Fsp3) is 0.600. The van der Waals surface area contributed by atoms with Crippen LogP contribution in [0.5, 0.6) is 0 Å². The molecule has 0 fully saturated rings. The molecule has 0 amide bonds. The highest BCUT2D eigenvalue weighted by atomic mass is 16.5. The Morgan fingerprint density at radius 2 is 1.50 bits per heavy atom. The molecular formula is C25H36O3. The highest BCUT2D eigenvalue weighted by Crippen LogP contribution is 2.12. The quantitative estimate of drug-likeness (QED) is 0.164. The zero-order valence-corrected chi connectivity index (χ0v) is 17.7. The Morgan fingerprint density at radius 3 is 2.11 bits per heavy atom. The standard InChI is InChI=1S/C25H36O3/c1-3-4-5-6-7-8-9-10-11-12-13-14-15-19-24(26)21-22-17-16-18-23(20-22)25(27)28-2/h16-18,20H,3-14,21H2,1-2H3. The van der Waals surface area contributed by atoms with Gasteiger partial charge in [-0.15, -0.1) is 0 Å². The first-order chi connectivity index (χ1) is 13.7. The molecule has 0 aliphatic carbocycles. The Hall–Kier alpha value is -2.08. The normalized spacial score (nSPS) is 10.2.